The van der Waals surface area contributed by atoms with E-state index in [1.807, 2.05) is 25.1 Å². The summed E-state index contributed by atoms with van der Waals surface area (Å²) in [4.78, 5) is 27.8. The summed E-state index contributed by atoms with van der Waals surface area (Å²) in [6.07, 6.45) is 1.97. The van der Waals surface area contributed by atoms with Crippen molar-refractivity contribution in [3.63, 3.8) is 0 Å². The van der Waals surface area contributed by atoms with Crippen LogP contribution in [0.1, 0.15) is 25.3 Å². The highest BCUT2D eigenvalue weighted by Gasteiger charge is 2.51. The minimum Gasteiger partial charge on any atom is -0.323 e. The molecular weight excluding hydrogens is 314 g/mol. The number of likely N-dealkylation sites (tertiary alicyclic amines) is 1. The Morgan fingerprint density at radius 2 is 2.17 bits per heavy atom. The van der Waals surface area contributed by atoms with Crippen molar-refractivity contribution in [1.29, 1.82) is 0 Å². The zero-order valence-corrected chi connectivity index (χ0v) is 14.3. The van der Waals surface area contributed by atoms with Crippen molar-refractivity contribution in [1.82, 2.24) is 15.1 Å². The predicted molar refractivity (Wildman–Crippen MR) is 89.2 cm³/mol. The van der Waals surface area contributed by atoms with Gasteiger partial charge in [-0.3, -0.25) is 14.6 Å². The Labute approximate surface area is 141 Å². The molecule has 0 saturated carbocycles. The van der Waals surface area contributed by atoms with Gasteiger partial charge < -0.3 is 5.32 Å². The predicted octanol–water partition coefficient (Wildman–Crippen LogP) is 2.49. The lowest BCUT2D eigenvalue weighted by Crippen LogP contribution is -2.55. The summed E-state index contributed by atoms with van der Waals surface area (Å²) in [5, 5.41) is 3.62. The molecule has 1 aromatic rings. The van der Waals surface area contributed by atoms with E-state index in [2.05, 4.69) is 16.3 Å². The topological polar surface area (TPSA) is 52.7 Å². The van der Waals surface area contributed by atoms with E-state index in [0.717, 1.165) is 37.5 Å². The average molecular weight is 336 g/mol. The maximum Gasteiger partial charge on any atom is 0.324 e. The number of hydrogen-bond donors (Lipinski definition) is 1. The molecule has 0 aromatic heterocycles. The van der Waals surface area contributed by atoms with E-state index in [9.17, 15) is 9.59 Å². The molecule has 6 heteroatoms. The third-order valence-corrected chi connectivity index (χ3v) is 5.27. The number of carbonyl (C=O) groups is 2. The zero-order chi connectivity index (χ0) is 16.6. The quantitative estimate of drug-likeness (QED) is 0.863. The van der Waals surface area contributed by atoms with Gasteiger partial charge in [-0.1, -0.05) is 23.7 Å². The molecule has 2 aliphatic heterocycles. The molecule has 2 fully saturated rings. The molecule has 0 radical (unpaired) electrons. The molecule has 1 aromatic carbocycles. The van der Waals surface area contributed by atoms with E-state index in [-0.39, 0.29) is 17.9 Å². The number of carbonyl (C=O) groups excluding carboxylic acids is 2. The largest absolute Gasteiger partial charge is 0.324 e. The first-order chi connectivity index (χ1) is 10.9. The van der Waals surface area contributed by atoms with Gasteiger partial charge in [0.2, 0.25) is 0 Å². The van der Waals surface area contributed by atoms with E-state index in [0.29, 0.717) is 0 Å². The Morgan fingerprint density at radius 1 is 1.39 bits per heavy atom. The van der Waals surface area contributed by atoms with Gasteiger partial charge >= 0.3 is 6.03 Å². The normalized spacial score (nSPS) is 29.0. The standard InChI is InChI=1S/C17H22ClN3O2/c1-17(15(22)20(2)16(23)19-17)13-6-4-8-21(11-13)10-12-5-3-7-14(18)9-12/h3,5,7,9,13H,4,6,8,10-11H2,1-2H3,(H,19,23)/t13-,17-/m1/s1. The third kappa shape index (κ3) is 3.08. The number of halogens is 1. The minimum atomic E-state index is -0.793. The Bertz CT molecular complexity index is 636. The lowest BCUT2D eigenvalue weighted by atomic mass is 9.80. The van der Waals surface area contributed by atoms with Gasteiger partial charge in [-0.05, 0) is 44.0 Å². The monoisotopic (exact) mass is 335 g/mol. The second kappa shape index (κ2) is 6.13. The molecule has 124 valence electrons. The molecule has 2 aliphatic rings. The number of amides is 3. The second-order valence-electron chi connectivity index (χ2n) is 6.70. The molecule has 2 saturated heterocycles. The van der Waals surface area contributed by atoms with Crippen LogP contribution in [0.5, 0.6) is 0 Å². The minimum absolute atomic E-state index is 0.122. The van der Waals surface area contributed by atoms with Crippen LogP contribution in [0, 0.1) is 5.92 Å². The SMILES string of the molecule is CN1C(=O)N[C@](C)([C@@H]2CCCN(Cc3cccc(Cl)c3)C2)C1=O. The van der Waals surface area contributed by atoms with Crippen LogP contribution in [0.15, 0.2) is 24.3 Å². The van der Waals surface area contributed by atoms with Gasteiger partial charge in [0.25, 0.3) is 5.91 Å². The van der Waals surface area contributed by atoms with E-state index in [4.69, 9.17) is 11.6 Å². The lowest BCUT2D eigenvalue weighted by molar-refractivity contribution is -0.132. The molecule has 5 nitrogen and oxygen atoms in total. The molecule has 2 heterocycles. The van der Waals surface area contributed by atoms with Gasteiger partial charge in [0, 0.05) is 31.1 Å². The van der Waals surface area contributed by atoms with Crippen LogP contribution in [0.25, 0.3) is 0 Å². The Kier molecular flexibility index (Phi) is 4.34. The molecule has 0 unspecified atom stereocenters. The lowest BCUT2D eigenvalue weighted by Gasteiger charge is -2.39. The maximum atomic E-state index is 12.5. The van der Waals surface area contributed by atoms with Crippen molar-refractivity contribution < 1.29 is 9.59 Å². The number of piperidine rings is 1. The molecule has 0 spiro atoms. The first-order valence-corrected chi connectivity index (χ1v) is 8.35. The van der Waals surface area contributed by atoms with E-state index in [1.54, 1.807) is 0 Å². The van der Waals surface area contributed by atoms with E-state index < -0.39 is 5.54 Å². The van der Waals surface area contributed by atoms with Gasteiger partial charge in [-0.15, -0.1) is 0 Å². The molecule has 23 heavy (non-hydrogen) atoms. The van der Waals surface area contributed by atoms with E-state index in [1.165, 1.54) is 17.5 Å². The van der Waals surface area contributed by atoms with Gasteiger partial charge in [-0.2, -0.15) is 0 Å². The molecule has 3 amide bonds. The summed E-state index contributed by atoms with van der Waals surface area (Å²) in [5.74, 6) is -0.00561. The van der Waals surface area contributed by atoms with Crippen molar-refractivity contribution in [3.8, 4) is 0 Å². The summed E-state index contributed by atoms with van der Waals surface area (Å²) in [6, 6.07) is 7.56. The highest BCUT2D eigenvalue weighted by atomic mass is 35.5. The number of likely N-dealkylation sites (N-methyl/N-ethyl adjacent to an activating group) is 1. The van der Waals surface area contributed by atoms with Gasteiger partial charge in [-0.25, -0.2) is 4.79 Å². The molecule has 0 bridgehead atoms. The summed E-state index contributed by atoms with van der Waals surface area (Å²) in [5.41, 5.74) is 0.376. The highest BCUT2D eigenvalue weighted by Crippen LogP contribution is 2.32. The number of nitrogens with one attached hydrogen (secondary N) is 1. The summed E-state index contributed by atoms with van der Waals surface area (Å²) >= 11 is 6.05. The van der Waals surface area contributed by atoms with Crippen molar-refractivity contribution >= 4 is 23.5 Å². The number of nitrogens with zero attached hydrogens (tertiary/aromatic N) is 2. The number of rotatable bonds is 3. The first kappa shape index (κ1) is 16.3. The van der Waals surface area contributed by atoms with Crippen LogP contribution in [0.3, 0.4) is 0 Å². The fourth-order valence-electron chi connectivity index (χ4n) is 3.64. The maximum absolute atomic E-state index is 12.5. The van der Waals surface area contributed by atoms with Gasteiger partial charge in [0.15, 0.2) is 0 Å². The molecule has 2 atom stereocenters. The summed E-state index contributed by atoms with van der Waals surface area (Å²) < 4.78 is 0. The average Bonchev–Trinajstić information content (AvgIpc) is 2.72. The smallest absolute Gasteiger partial charge is 0.323 e. The Morgan fingerprint density at radius 3 is 2.83 bits per heavy atom. The van der Waals surface area contributed by atoms with Crippen LogP contribution in [-0.4, -0.2) is 47.4 Å². The molecule has 0 aliphatic carbocycles. The molecular formula is C17H22ClN3O2. The first-order valence-electron chi connectivity index (χ1n) is 7.97. The Balaban J connectivity index is 1.71. The van der Waals surface area contributed by atoms with Crippen molar-refractivity contribution in [3.05, 3.63) is 34.9 Å². The van der Waals surface area contributed by atoms with Crippen LogP contribution in [0.4, 0.5) is 4.79 Å². The van der Waals surface area contributed by atoms with Crippen LogP contribution in [0.2, 0.25) is 5.02 Å². The zero-order valence-electron chi connectivity index (χ0n) is 13.5. The van der Waals surface area contributed by atoms with E-state index >= 15 is 0 Å². The fraction of sp³-hybridized carbons (Fsp3) is 0.529. The highest BCUT2D eigenvalue weighted by molar-refractivity contribution is 6.30. The van der Waals surface area contributed by atoms with Crippen molar-refractivity contribution in [2.75, 3.05) is 20.1 Å². The number of imide groups is 1. The second-order valence-corrected chi connectivity index (χ2v) is 7.14. The summed E-state index contributed by atoms with van der Waals surface area (Å²) in [6.45, 7) is 4.45. The van der Waals surface area contributed by atoms with Crippen LogP contribution < -0.4 is 5.32 Å². The van der Waals surface area contributed by atoms with Gasteiger partial charge in [0.05, 0.1) is 0 Å². The molecule has 3 rings (SSSR count). The van der Waals surface area contributed by atoms with Crippen LogP contribution in [-0.2, 0) is 11.3 Å². The number of urea groups is 1. The Hall–Kier alpha value is -1.59. The fourth-order valence-corrected chi connectivity index (χ4v) is 3.85. The van der Waals surface area contributed by atoms with Crippen molar-refractivity contribution in [2.45, 2.75) is 31.8 Å². The molecule has 1 N–H and O–H groups in total. The van der Waals surface area contributed by atoms with Gasteiger partial charge in [0.1, 0.15) is 5.54 Å². The number of benzene rings is 1. The number of hydrogen-bond acceptors (Lipinski definition) is 3. The summed E-state index contributed by atoms with van der Waals surface area (Å²) in [7, 11) is 1.54. The van der Waals surface area contributed by atoms with Crippen molar-refractivity contribution in [2.24, 2.45) is 5.92 Å². The van der Waals surface area contributed by atoms with Crippen LogP contribution >= 0.6 is 11.6 Å². The third-order valence-electron chi connectivity index (χ3n) is 5.04.